The van der Waals surface area contributed by atoms with Crippen LogP contribution in [-0.2, 0) is 13.2 Å². The molecule has 0 amide bonds. The quantitative estimate of drug-likeness (QED) is 0.594. The van der Waals surface area contributed by atoms with E-state index in [0.29, 0.717) is 0 Å². The number of aromatic nitrogens is 2. The van der Waals surface area contributed by atoms with E-state index in [9.17, 15) is 13.2 Å². The van der Waals surface area contributed by atoms with Crippen molar-refractivity contribution in [3.05, 3.63) is 17.0 Å². The molecule has 0 aromatic carbocycles. The number of nitrogens with zero attached hydrogens (tertiary/aromatic N) is 2. The van der Waals surface area contributed by atoms with E-state index in [1.54, 1.807) is 0 Å². The molecule has 0 spiro atoms. The van der Waals surface area contributed by atoms with Gasteiger partial charge in [0, 0.05) is 12.7 Å². The molecule has 0 N–H and O–H groups in total. The monoisotopic (exact) mass is 178 g/mol. The van der Waals surface area contributed by atoms with Crippen molar-refractivity contribution in [1.82, 2.24) is 9.78 Å². The Morgan fingerprint density at radius 2 is 1.75 bits per heavy atom. The lowest BCUT2D eigenvalue weighted by Crippen LogP contribution is -2.08. The van der Waals surface area contributed by atoms with Crippen LogP contribution in [0.3, 0.4) is 0 Å². The lowest BCUT2D eigenvalue weighted by Gasteiger charge is -2.05. The van der Waals surface area contributed by atoms with Crippen LogP contribution in [-0.4, -0.2) is 9.78 Å². The van der Waals surface area contributed by atoms with Crippen LogP contribution in [0.5, 0.6) is 0 Å². The van der Waals surface area contributed by atoms with Gasteiger partial charge in [0.15, 0.2) is 0 Å². The molecule has 2 nitrogen and oxygen atoms in total. The fraction of sp³-hybridized carbons (Fsp3) is 0.571. The molecular weight excluding hydrogens is 169 g/mol. The second-order valence-corrected chi connectivity index (χ2v) is 2.67. The molecule has 68 valence electrons. The van der Waals surface area contributed by atoms with Crippen molar-refractivity contribution in [2.24, 2.45) is 7.05 Å². The van der Waals surface area contributed by atoms with Crippen LogP contribution in [0.1, 0.15) is 17.0 Å². The molecule has 5 heteroatoms. The Hall–Kier alpha value is -1.00. The average molecular weight is 178 g/mol. The third kappa shape index (κ3) is 1.31. The first kappa shape index (κ1) is 9.09. The van der Waals surface area contributed by atoms with Crippen LogP contribution < -0.4 is 0 Å². The van der Waals surface area contributed by atoms with Crippen LogP contribution in [0.2, 0.25) is 0 Å². The van der Waals surface area contributed by atoms with E-state index in [2.05, 4.69) is 5.10 Å². The van der Waals surface area contributed by atoms with Gasteiger partial charge in [0.05, 0.1) is 11.3 Å². The van der Waals surface area contributed by atoms with Crippen LogP contribution in [0.25, 0.3) is 0 Å². The Balaban J connectivity index is 3.32. The normalized spacial score (nSPS) is 12.2. The molecule has 1 heterocycles. The maximum Gasteiger partial charge on any atom is 0.419 e. The highest BCUT2D eigenvalue weighted by Gasteiger charge is 2.36. The molecule has 0 atom stereocenters. The van der Waals surface area contributed by atoms with Crippen molar-refractivity contribution in [3.63, 3.8) is 0 Å². The van der Waals surface area contributed by atoms with Gasteiger partial charge in [0.2, 0.25) is 0 Å². The highest BCUT2D eigenvalue weighted by Crippen LogP contribution is 2.33. The second kappa shape index (κ2) is 2.50. The minimum absolute atomic E-state index is 0.0301. The average Bonchev–Trinajstić information content (AvgIpc) is 2.05. The summed E-state index contributed by atoms with van der Waals surface area (Å²) in [5.41, 5.74) is -0.437. The summed E-state index contributed by atoms with van der Waals surface area (Å²) in [4.78, 5) is 0. The van der Waals surface area contributed by atoms with Gasteiger partial charge in [-0.3, -0.25) is 4.68 Å². The number of rotatable bonds is 0. The van der Waals surface area contributed by atoms with Crippen LogP contribution in [0.15, 0.2) is 0 Å². The number of halogens is 3. The van der Waals surface area contributed by atoms with E-state index >= 15 is 0 Å². The fourth-order valence-electron chi connectivity index (χ4n) is 1.18. The topological polar surface area (TPSA) is 17.8 Å². The standard InChI is InChI=1S/C7H9F3N2/c1-4-6(7(8,9)10)5(2)12(3)11-4/h1-3H3. The molecule has 0 saturated carbocycles. The zero-order valence-electron chi connectivity index (χ0n) is 7.03. The van der Waals surface area contributed by atoms with Gasteiger partial charge in [-0.15, -0.1) is 0 Å². The van der Waals surface area contributed by atoms with E-state index in [-0.39, 0.29) is 11.4 Å². The zero-order chi connectivity index (χ0) is 9.52. The van der Waals surface area contributed by atoms with Crippen LogP contribution in [0, 0.1) is 13.8 Å². The largest absolute Gasteiger partial charge is 0.419 e. The lowest BCUT2D eigenvalue weighted by molar-refractivity contribution is -0.138. The fourth-order valence-corrected chi connectivity index (χ4v) is 1.18. The summed E-state index contributed by atoms with van der Waals surface area (Å²) < 4.78 is 38.0. The van der Waals surface area contributed by atoms with Gasteiger partial charge in [-0.1, -0.05) is 0 Å². The first-order valence-electron chi connectivity index (χ1n) is 3.41. The minimum atomic E-state index is -4.29. The molecule has 1 aromatic rings. The summed E-state index contributed by atoms with van der Waals surface area (Å²) in [5, 5.41) is 3.67. The molecule has 0 radical (unpaired) electrons. The van der Waals surface area contributed by atoms with Gasteiger partial charge in [0.25, 0.3) is 0 Å². The summed E-state index contributed by atoms with van der Waals surface area (Å²) in [7, 11) is 1.50. The predicted octanol–water partition coefficient (Wildman–Crippen LogP) is 2.06. The Morgan fingerprint density at radius 3 is 1.92 bits per heavy atom. The zero-order valence-corrected chi connectivity index (χ0v) is 7.03. The van der Waals surface area contributed by atoms with Crippen molar-refractivity contribution in [2.45, 2.75) is 20.0 Å². The molecular formula is C7H9F3N2. The van der Waals surface area contributed by atoms with Crippen LogP contribution >= 0.6 is 0 Å². The van der Waals surface area contributed by atoms with Crippen molar-refractivity contribution in [2.75, 3.05) is 0 Å². The number of hydrogen-bond acceptors (Lipinski definition) is 1. The van der Waals surface area contributed by atoms with Gasteiger partial charge in [-0.05, 0) is 13.8 Å². The van der Waals surface area contributed by atoms with Gasteiger partial charge < -0.3 is 0 Å². The van der Waals surface area contributed by atoms with Gasteiger partial charge >= 0.3 is 6.18 Å². The Morgan fingerprint density at radius 1 is 1.25 bits per heavy atom. The maximum atomic E-state index is 12.3. The minimum Gasteiger partial charge on any atom is -0.272 e. The Kier molecular flexibility index (Phi) is 1.89. The third-order valence-electron chi connectivity index (χ3n) is 1.79. The highest BCUT2D eigenvalue weighted by atomic mass is 19.4. The van der Waals surface area contributed by atoms with Crippen LogP contribution in [0.4, 0.5) is 13.2 Å². The Labute approximate surface area is 68.0 Å². The molecule has 12 heavy (non-hydrogen) atoms. The molecule has 0 aliphatic heterocycles. The van der Waals surface area contributed by atoms with E-state index < -0.39 is 11.7 Å². The van der Waals surface area contributed by atoms with Gasteiger partial charge in [-0.25, -0.2) is 0 Å². The summed E-state index contributed by atoms with van der Waals surface area (Å²) in [6, 6.07) is 0. The third-order valence-corrected chi connectivity index (χ3v) is 1.79. The molecule has 0 aliphatic rings. The van der Waals surface area contributed by atoms with Gasteiger partial charge in [-0.2, -0.15) is 18.3 Å². The van der Waals surface area contributed by atoms with E-state index in [1.165, 1.54) is 25.6 Å². The van der Waals surface area contributed by atoms with Gasteiger partial charge in [0.1, 0.15) is 0 Å². The lowest BCUT2D eigenvalue weighted by atomic mass is 10.2. The van der Waals surface area contributed by atoms with Crippen molar-refractivity contribution in [3.8, 4) is 0 Å². The SMILES string of the molecule is Cc1nn(C)c(C)c1C(F)(F)F. The van der Waals surface area contributed by atoms with Crippen molar-refractivity contribution < 1.29 is 13.2 Å². The van der Waals surface area contributed by atoms with Crippen molar-refractivity contribution in [1.29, 1.82) is 0 Å². The first-order chi connectivity index (χ1) is 5.34. The Bertz CT molecular complexity index is 298. The summed E-state index contributed by atoms with van der Waals surface area (Å²) >= 11 is 0. The molecule has 0 fully saturated rings. The molecule has 1 aromatic heterocycles. The highest BCUT2D eigenvalue weighted by molar-refractivity contribution is 5.27. The second-order valence-electron chi connectivity index (χ2n) is 2.67. The van der Waals surface area contributed by atoms with E-state index in [4.69, 9.17) is 0 Å². The molecule has 1 rings (SSSR count). The first-order valence-corrected chi connectivity index (χ1v) is 3.41. The van der Waals surface area contributed by atoms with E-state index in [0.717, 1.165) is 0 Å². The predicted molar refractivity (Wildman–Crippen MR) is 37.7 cm³/mol. The smallest absolute Gasteiger partial charge is 0.272 e. The number of hydrogen-bond donors (Lipinski definition) is 0. The molecule has 0 aliphatic carbocycles. The van der Waals surface area contributed by atoms with E-state index in [1.807, 2.05) is 0 Å². The van der Waals surface area contributed by atoms with Crippen molar-refractivity contribution >= 4 is 0 Å². The molecule has 0 bridgehead atoms. The number of alkyl halides is 3. The maximum absolute atomic E-state index is 12.3. The molecule has 0 saturated heterocycles. The summed E-state index contributed by atoms with van der Waals surface area (Å²) in [6.07, 6.45) is -4.29. The summed E-state index contributed by atoms with van der Waals surface area (Å²) in [5.74, 6) is 0. The number of aryl methyl sites for hydroxylation is 2. The molecule has 0 unspecified atom stereocenters. The summed E-state index contributed by atoms with van der Waals surface area (Å²) in [6.45, 7) is 2.76.